The summed E-state index contributed by atoms with van der Waals surface area (Å²) < 4.78 is 45.6. The lowest BCUT2D eigenvalue weighted by atomic mass is 9.86. The van der Waals surface area contributed by atoms with E-state index in [0.29, 0.717) is 6.42 Å². The summed E-state index contributed by atoms with van der Waals surface area (Å²) in [6.07, 6.45) is -3.49. The summed E-state index contributed by atoms with van der Waals surface area (Å²) in [5.41, 5.74) is 3.40. The van der Waals surface area contributed by atoms with Gasteiger partial charge in [-0.3, -0.25) is 4.90 Å². The van der Waals surface area contributed by atoms with E-state index in [1.165, 1.54) is 4.70 Å². The van der Waals surface area contributed by atoms with Crippen LogP contribution in [0.5, 0.6) is 0 Å². The smallest absolute Gasteiger partial charge is 0.408 e. The standard InChI is InChI=1S/C31H31F3N4O2S/c32-31(33,34)21-35-29(39)40-30(24-11-3-1-9-22(24)23-10-2-4-12-25(23)30)15-7-8-16-37-17-19-38(20-18-37)28-36-26-13-5-6-14-27(26)41-28/h1-6,9-14H,7-8,15-21H2,(H,35,39). The van der Waals surface area contributed by atoms with Gasteiger partial charge in [0.15, 0.2) is 10.7 Å². The first-order chi connectivity index (χ1) is 19.8. The summed E-state index contributed by atoms with van der Waals surface area (Å²) in [5.74, 6) is 0. The van der Waals surface area contributed by atoms with Gasteiger partial charge in [0, 0.05) is 37.3 Å². The van der Waals surface area contributed by atoms with Gasteiger partial charge >= 0.3 is 12.3 Å². The minimum atomic E-state index is -4.52. The number of aromatic nitrogens is 1. The van der Waals surface area contributed by atoms with E-state index in [4.69, 9.17) is 9.72 Å². The number of unbranched alkanes of at least 4 members (excludes halogenated alkanes) is 1. The zero-order chi connectivity index (χ0) is 28.5. The Morgan fingerprint density at radius 1 is 0.902 bits per heavy atom. The number of alkyl halides is 3. The van der Waals surface area contributed by atoms with Crippen molar-refractivity contribution in [2.75, 3.05) is 44.2 Å². The lowest BCUT2D eigenvalue weighted by molar-refractivity contribution is -0.124. The molecule has 1 saturated heterocycles. The fraction of sp³-hybridized carbons (Fsp3) is 0.355. The average Bonchev–Trinajstić information content (AvgIpc) is 3.53. The fourth-order valence-electron chi connectivity index (χ4n) is 5.95. The zero-order valence-corrected chi connectivity index (χ0v) is 23.3. The Labute approximate surface area is 240 Å². The average molecular weight is 581 g/mol. The molecule has 0 radical (unpaired) electrons. The quantitative estimate of drug-likeness (QED) is 0.232. The van der Waals surface area contributed by atoms with Crippen LogP contribution < -0.4 is 10.2 Å². The third kappa shape index (κ3) is 5.76. The number of ether oxygens (including phenoxy) is 1. The van der Waals surface area contributed by atoms with Crippen LogP contribution in [0.1, 0.15) is 30.4 Å². The molecule has 214 valence electrons. The van der Waals surface area contributed by atoms with Gasteiger partial charge in [-0.2, -0.15) is 13.2 Å². The highest BCUT2D eigenvalue weighted by Crippen LogP contribution is 2.52. The van der Waals surface area contributed by atoms with Crippen LogP contribution in [-0.2, 0) is 10.3 Å². The van der Waals surface area contributed by atoms with Crippen molar-refractivity contribution in [1.82, 2.24) is 15.2 Å². The van der Waals surface area contributed by atoms with E-state index in [-0.39, 0.29) is 0 Å². The van der Waals surface area contributed by atoms with Gasteiger partial charge in [-0.05, 0) is 49.1 Å². The Balaban J connectivity index is 1.11. The molecule has 1 aromatic heterocycles. The molecule has 0 atom stereocenters. The molecule has 0 saturated carbocycles. The number of anilines is 1. The van der Waals surface area contributed by atoms with Gasteiger partial charge in [-0.15, -0.1) is 0 Å². The number of alkyl carbamates (subject to hydrolysis) is 1. The number of thiazole rings is 1. The molecule has 4 aromatic rings. The van der Waals surface area contributed by atoms with E-state index in [0.717, 1.165) is 78.5 Å². The van der Waals surface area contributed by atoms with Crippen molar-refractivity contribution in [2.24, 2.45) is 0 Å². The van der Waals surface area contributed by atoms with Crippen LogP contribution >= 0.6 is 11.3 Å². The second-order valence-corrected chi connectivity index (χ2v) is 11.5. The molecule has 2 aliphatic rings. The molecule has 1 aliphatic heterocycles. The van der Waals surface area contributed by atoms with Gasteiger partial charge in [0.1, 0.15) is 6.54 Å². The summed E-state index contributed by atoms with van der Waals surface area (Å²) in [7, 11) is 0. The first-order valence-corrected chi connectivity index (χ1v) is 14.7. The number of piperazine rings is 1. The van der Waals surface area contributed by atoms with E-state index in [1.807, 2.05) is 72.0 Å². The van der Waals surface area contributed by atoms with E-state index in [9.17, 15) is 18.0 Å². The summed E-state index contributed by atoms with van der Waals surface area (Å²) in [4.78, 5) is 22.3. The van der Waals surface area contributed by atoms with E-state index < -0.39 is 24.4 Å². The molecule has 0 unspecified atom stereocenters. The van der Waals surface area contributed by atoms with Crippen molar-refractivity contribution in [3.8, 4) is 11.1 Å². The topological polar surface area (TPSA) is 57.7 Å². The lowest BCUT2D eigenvalue weighted by Gasteiger charge is -2.35. The summed E-state index contributed by atoms with van der Waals surface area (Å²) in [5, 5.41) is 2.96. The number of fused-ring (bicyclic) bond motifs is 4. The highest BCUT2D eigenvalue weighted by molar-refractivity contribution is 7.22. The van der Waals surface area contributed by atoms with Crippen LogP contribution in [0.3, 0.4) is 0 Å². The summed E-state index contributed by atoms with van der Waals surface area (Å²) in [6.45, 7) is 3.15. The molecule has 1 aliphatic carbocycles. The number of hydrogen-bond donors (Lipinski definition) is 1. The maximum absolute atomic E-state index is 12.8. The monoisotopic (exact) mass is 580 g/mol. The second kappa shape index (κ2) is 11.3. The predicted octanol–water partition coefficient (Wildman–Crippen LogP) is 6.80. The van der Waals surface area contributed by atoms with E-state index >= 15 is 0 Å². The molecule has 1 amide bonds. The number of nitrogens with zero attached hydrogens (tertiary/aromatic N) is 3. The number of hydrogen-bond acceptors (Lipinski definition) is 6. The Bertz CT molecular complexity index is 1450. The molecule has 1 fully saturated rings. The number of rotatable bonds is 8. The minimum Gasteiger partial charge on any atom is -0.433 e. The normalized spacial score (nSPS) is 16.4. The molecule has 10 heteroatoms. The van der Waals surface area contributed by atoms with Crippen molar-refractivity contribution < 1.29 is 22.7 Å². The molecule has 6 nitrogen and oxygen atoms in total. The van der Waals surface area contributed by atoms with Crippen LogP contribution in [0.4, 0.5) is 23.1 Å². The van der Waals surface area contributed by atoms with Crippen molar-refractivity contribution in [3.05, 3.63) is 83.9 Å². The minimum absolute atomic E-state index is 0.478. The number of nitrogens with one attached hydrogen (secondary N) is 1. The Kier molecular flexibility index (Phi) is 7.61. The van der Waals surface area contributed by atoms with Gasteiger partial charge < -0.3 is 15.0 Å². The van der Waals surface area contributed by atoms with E-state index in [1.54, 1.807) is 11.3 Å². The summed E-state index contributed by atoms with van der Waals surface area (Å²) >= 11 is 1.73. The highest BCUT2D eigenvalue weighted by Gasteiger charge is 2.46. The van der Waals surface area contributed by atoms with Gasteiger partial charge in [-0.1, -0.05) is 72.0 Å². The van der Waals surface area contributed by atoms with Gasteiger partial charge in [0.05, 0.1) is 10.2 Å². The third-order valence-corrected chi connectivity index (χ3v) is 8.99. The molecule has 0 spiro atoms. The van der Waals surface area contributed by atoms with Gasteiger partial charge in [0.2, 0.25) is 0 Å². The predicted molar refractivity (Wildman–Crippen MR) is 155 cm³/mol. The Hall–Kier alpha value is -3.63. The van der Waals surface area contributed by atoms with E-state index in [2.05, 4.69) is 15.9 Å². The SMILES string of the molecule is O=C(NCC(F)(F)F)OC1(CCCCN2CCN(c3nc4ccccc4s3)CC2)c2ccccc2-c2ccccc21. The molecule has 1 N–H and O–H groups in total. The van der Waals surface area contributed by atoms with Crippen molar-refractivity contribution in [3.63, 3.8) is 0 Å². The van der Waals surface area contributed by atoms with Crippen molar-refractivity contribution >= 4 is 32.8 Å². The number of para-hydroxylation sites is 1. The number of carbonyl (C=O) groups excluding carboxylic acids is 1. The Morgan fingerprint density at radius 3 is 2.20 bits per heavy atom. The molecule has 3 aromatic carbocycles. The highest BCUT2D eigenvalue weighted by atomic mass is 32.1. The zero-order valence-electron chi connectivity index (χ0n) is 22.5. The molecular weight excluding hydrogens is 549 g/mol. The number of benzene rings is 3. The fourth-order valence-corrected chi connectivity index (χ4v) is 6.97. The van der Waals surface area contributed by atoms with Gasteiger partial charge in [0.25, 0.3) is 0 Å². The Morgan fingerprint density at radius 2 is 1.54 bits per heavy atom. The molecule has 2 heterocycles. The second-order valence-electron chi connectivity index (χ2n) is 10.5. The molecule has 6 rings (SSSR count). The maximum Gasteiger partial charge on any atom is 0.408 e. The number of amides is 1. The van der Waals surface area contributed by atoms with Crippen LogP contribution in [-0.4, -0.2) is 61.4 Å². The third-order valence-electron chi connectivity index (χ3n) is 7.89. The van der Waals surface area contributed by atoms with Crippen molar-refractivity contribution in [2.45, 2.75) is 31.0 Å². The van der Waals surface area contributed by atoms with Crippen LogP contribution in [0.15, 0.2) is 72.8 Å². The van der Waals surface area contributed by atoms with Crippen LogP contribution in [0.2, 0.25) is 0 Å². The number of carbonyl (C=O) groups is 1. The molecular formula is C31H31F3N4O2S. The van der Waals surface area contributed by atoms with Crippen LogP contribution in [0, 0.1) is 0 Å². The lowest BCUT2D eigenvalue weighted by Crippen LogP contribution is -2.46. The molecule has 0 bridgehead atoms. The largest absolute Gasteiger partial charge is 0.433 e. The van der Waals surface area contributed by atoms with Gasteiger partial charge in [-0.25, -0.2) is 9.78 Å². The van der Waals surface area contributed by atoms with Crippen LogP contribution in [0.25, 0.3) is 21.3 Å². The first-order valence-electron chi connectivity index (χ1n) is 13.9. The van der Waals surface area contributed by atoms with Crippen molar-refractivity contribution in [1.29, 1.82) is 0 Å². The first kappa shape index (κ1) is 27.5. The maximum atomic E-state index is 12.8. The molecule has 41 heavy (non-hydrogen) atoms. The number of halogens is 3. The summed E-state index contributed by atoms with van der Waals surface area (Å²) in [6, 6.07) is 23.5.